The van der Waals surface area contributed by atoms with Crippen LogP contribution in [0.2, 0.25) is 0 Å². The molecule has 5 nitrogen and oxygen atoms in total. The highest BCUT2D eigenvalue weighted by molar-refractivity contribution is 6.20. The monoisotopic (exact) mass is 230 g/mol. The fraction of sp³-hybridized carbons (Fsp3) is 0.889. The Morgan fingerprint density at radius 3 is 3.00 bits per heavy atom. The zero-order valence-electron chi connectivity index (χ0n) is 8.93. The summed E-state index contributed by atoms with van der Waals surface area (Å²) in [6, 6.07) is 0. The molecule has 1 fully saturated rings. The van der Waals surface area contributed by atoms with Gasteiger partial charge in [-0.1, -0.05) is 0 Å². The number of hydrogen-bond donors (Lipinski definition) is 0. The van der Waals surface area contributed by atoms with E-state index in [1.165, 1.54) is 0 Å². The molecule has 1 aromatic rings. The van der Waals surface area contributed by atoms with Gasteiger partial charge in [0.25, 0.3) is 0 Å². The normalized spacial score (nSPS) is 28.2. The molecular formula is C9H15ClN4O. The zero-order valence-corrected chi connectivity index (χ0v) is 9.68. The first-order chi connectivity index (χ1) is 7.16. The first-order valence-electron chi connectivity index (χ1n) is 5.22. The lowest BCUT2D eigenvalue weighted by atomic mass is 10.2. The van der Waals surface area contributed by atoms with E-state index in [4.69, 9.17) is 16.3 Å². The number of alkyl halides is 1. The number of hydrogen-bond acceptors (Lipinski definition) is 4. The topological polar surface area (TPSA) is 52.8 Å². The van der Waals surface area contributed by atoms with Crippen molar-refractivity contribution < 1.29 is 4.74 Å². The van der Waals surface area contributed by atoms with Gasteiger partial charge in [-0.25, -0.2) is 4.68 Å². The van der Waals surface area contributed by atoms with E-state index in [9.17, 15) is 0 Å². The molecule has 1 aliphatic heterocycles. The molecule has 3 atom stereocenters. The van der Waals surface area contributed by atoms with Crippen LogP contribution in [0.25, 0.3) is 0 Å². The van der Waals surface area contributed by atoms with Crippen LogP contribution in [0.3, 0.4) is 0 Å². The van der Waals surface area contributed by atoms with Crippen LogP contribution in [-0.2, 0) is 11.3 Å². The molecule has 0 aliphatic carbocycles. The molecule has 3 unspecified atom stereocenters. The Morgan fingerprint density at radius 1 is 1.60 bits per heavy atom. The Morgan fingerprint density at radius 2 is 2.40 bits per heavy atom. The van der Waals surface area contributed by atoms with E-state index in [0.29, 0.717) is 18.5 Å². The van der Waals surface area contributed by atoms with Gasteiger partial charge >= 0.3 is 0 Å². The highest BCUT2D eigenvalue weighted by atomic mass is 35.5. The minimum atomic E-state index is -0.168. The molecule has 1 aromatic heterocycles. The molecule has 1 aliphatic rings. The van der Waals surface area contributed by atoms with Crippen molar-refractivity contribution >= 4 is 11.6 Å². The minimum absolute atomic E-state index is 0.168. The van der Waals surface area contributed by atoms with Crippen molar-refractivity contribution in [3.8, 4) is 0 Å². The van der Waals surface area contributed by atoms with E-state index < -0.39 is 0 Å². The van der Waals surface area contributed by atoms with E-state index >= 15 is 0 Å². The maximum absolute atomic E-state index is 5.96. The van der Waals surface area contributed by atoms with E-state index in [1.807, 2.05) is 6.92 Å². The Balaban J connectivity index is 2.01. The third-order valence-corrected chi connectivity index (χ3v) is 2.81. The lowest BCUT2D eigenvalue weighted by Gasteiger charge is -2.12. The lowest BCUT2D eigenvalue weighted by molar-refractivity contribution is 0.0428. The summed E-state index contributed by atoms with van der Waals surface area (Å²) in [5.74, 6) is 0.708. The molecule has 0 spiro atoms. The SMILES string of the molecule is CC1CCC(Cn2nnnc2C(C)Cl)O1. The molecule has 0 amide bonds. The van der Waals surface area contributed by atoms with Crippen molar-refractivity contribution in [1.82, 2.24) is 20.2 Å². The van der Waals surface area contributed by atoms with Crippen LogP contribution in [0, 0.1) is 0 Å². The van der Waals surface area contributed by atoms with Gasteiger partial charge in [0, 0.05) is 0 Å². The van der Waals surface area contributed by atoms with Crippen molar-refractivity contribution in [3.05, 3.63) is 5.82 Å². The molecule has 0 saturated carbocycles. The number of rotatable bonds is 3. The van der Waals surface area contributed by atoms with Crippen LogP contribution >= 0.6 is 11.6 Å². The second kappa shape index (κ2) is 4.45. The third-order valence-electron chi connectivity index (χ3n) is 2.61. The van der Waals surface area contributed by atoms with Crippen LogP contribution < -0.4 is 0 Å². The molecule has 0 aromatic carbocycles. The third kappa shape index (κ3) is 2.46. The summed E-state index contributed by atoms with van der Waals surface area (Å²) in [6.07, 6.45) is 2.75. The van der Waals surface area contributed by atoms with Crippen molar-refractivity contribution in [1.29, 1.82) is 0 Å². The van der Waals surface area contributed by atoms with Crippen LogP contribution in [0.1, 0.15) is 37.9 Å². The van der Waals surface area contributed by atoms with Crippen molar-refractivity contribution in [2.45, 2.75) is 50.8 Å². The van der Waals surface area contributed by atoms with Gasteiger partial charge in [0.05, 0.1) is 24.1 Å². The summed E-state index contributed by atoms with van der Waals surface area (Å²) in [5, 5.41) is 11.3. The average Bonchev–Trinajstić information content (AvgIpc) is 2.75. The maximum Gasteiger partial charge on any atom is 0.168 e. The molecular weight excluding hydrogens is 216 g/mol. The molecule has 15 heavy (non-hydrogen) atoms. The number of ether oxygens (including phenoxy) is 1. The van der Waals surface area contributed by atoms with Gasteiger partial charge in [0.1, 0.15) is 0 Å². The molecule has 6 heteroatoms. The quantitative estimate of drug-likeness (QED) is 0.740. The number of nitrogens with zero attached hydrogens (tertiary/aromatic N) is 4. The molecule has 2 heterocycles. The predicted molar refractivity (Wildman–Crippen MR) is 55.7 cm³/mol. The van der Waals surface area contributed by atoms with Crippen LogP contribution in [0.5, 0.6) is 0 Å². The predicted octanol–water partition coefficient (Wildman–Crippen LogP) is 1.54. The standard InChI is InChI=1S/C9H15ClN4O/c1-6-3-4-8(15-6)5-14-9(7(2)10)11-12-13-14/h6-8H,3-5H2,1-2H3. The molecule has 84 valence electrons. The summed E-state index contributed by atoms with van der Waals surface area (Å²) in [4.78, 5) is 0. The largest absolute Gasteiger partial charge is 0.373 e. The Kier molecular flexibility index (Phi) is 3.21. The molecule has 0 radical (unpaired) electrons. The second-order valence-electron chi connectivity index (χ2n) is 3.98. The minimum Gasteiger partial charge on any atom is -0.373 e. The smallest absolute Gasteiger partial charge is 0.168 e. The summed E-state index contributed by atoms with van der Waals surface area (Å²) in [5.41, 5.74) is 0. The summed E-state index contributed by atoms with van der Waals surface area (Å²) >= 11 is 5.96. The van der Waals surface area contributed by atoms with Crippen molar-refractivity contribution in [2.24, 2.45) is 0 Å². The molecule has 0 bridgehead atoms. The second-order valence-corrected chi connectivity index (χ2v) is 4.64. The van der Waals surface area contributed by atoms with Gasteiger partial charge < -0.3 is 4.74 Å². The first-order valence-corrected chi connectivity index (χ1v) is 5.66. The maximum atomic E-state index is 5.96. The Hall–Kier alpha value is -0.680. The van der Waals surface area contributed by atoms with Crippen LogP contribution in [-0.4, -0.2) is 32.4 Å². The van der Waals surface area contributed by atoms with E-state index in [-0.39, 0.29) is 11.5 Å². The van der Waals surface area contributed by atoms with E-state index in [0.717, 1.165) is 12.8 Å². The molecule has 0 N–H and O–H groups in total. The zero-order chi connectivity index (χ0) is 10.8. The van der Waals surface area contributed by atoms with Crippen molar-refractivity contribution in [3.63, 3.8) is 0 Å². The highest BCUT2D eigenvalue weighted by Crippen LogP contribution is 2.22. The van der Waals surface area contributed by atoms with E-state index in [1.54, 1.807) is 4.68 Å². The fourth-order valence-corrected chi connectivity index (χ4v) is 2.00. The number of tetrazole rings is 1. The van der Waals surface area contributed by atoms with E-state index in [2.05, 4.69) is 22.4 Å². The van der Waals surface area contributed by atoms with Crippen LogP contribution in [0.15, 0.2) is 0 Å². The highest BCUT2D eigenvalue weighted by Gasteiger charge is 2.24. The fourth-order valence-electron chi connectivity index (χ4n) is 1.84. The Bertz CT molecular complexity index is 328. The number of aromatic nitrogens is 4. The van der Waals surface area contributed by atoms with Gasteiger partial charge in [-0.15, -0.1) is 16.7 Å². The Labute approximate surface area is 93.7 Å². The van der Waals surface area contributed by atoms with Crippen LogP contribution in [0.4, 0.5) is 0 Å². The van der Waals surface area contributed by atoms with Gasteiger partial charge in [0.2, 0.25) is 0 Å². The molecule has 1 saturated heterocycles. The molecule has 2 rings (SSSR count). The van der Waals surface area contributed by atoms with Gasteiger partial charge in [-0.3, -0.25) is 0 Å². The summed E-state index contributed by atoms with van der Waals surface area (Å²) in [6.45, 7) is 4.65. The van der Waals surface area contributed by atoms with Gasteiger partial charge in [-0.05, 0) is 37.1 Å². The van der Waals surface area contributed by atoms with Gasteiger partial charge in [0.15, 0.2) is 5.82 Å². The lowest BCUT2D eigenvalue weighted by Crippen LogP contribution is -2.19. The van der Waals surface area contributed by atoms with Crippen molar-refractivity contribution in [2.75, 3.05) is 0 Å². The first kappa shape index (κ1) is 10.8. The summed E-state index contributed by atoms with van der Waals surface area (Å²) < 4.78 is 7.45. The summed E-state index contributed by atoms with van der Waals surface area (Å²) in [7, 11) is 0. The van der Waals surface area contributed by atoms with Gasteiger partial charge in [-0.2, -0.15) is 0 Å². The average molecular weight is 231 g/mol. The number of halogens is 1.